The monoisotopic (exact) mass is 681 g/mol. The lowest BCUT2D eigenvalue weighted by molar-refractivity contribution is -0.140. The van der Waals surface area contributed by atoms with Crippen molar-refractivity contribution in [1.82, 2.24) is 10.2 Å². The minimum atomic E-state index is -4.18. The molecule has 2 amide bonds. The highest BCUT2D eigenvalue weighted by molar-refractivity contribution is 9.10. The molecule has 0 aromatic heterocycles. The van der Waals surface area contributed by atoms with Gasteiger partial charge >= 0.3 is 0 Å². The SMILES string of the molecule is CCCNC(=O)[C@H](Cc1ccccc1)N(Cc1ccc(Br)cc1)C(=O)CN(c1cccc(Cl)c1)S(=O)(=O)c1ccccc1. The van der Waals surface area contributed by atoms with Gasteiger partial charge in [0.05, 0.1) is 10.6 Å². The normalized spacial score (nSPS) is 11.9. The molecule has 0 aliphatic carbocycles. The number of hydrogen-bond acceptors (Lipinski definition) is 4. The number of nitrogens with zero attached hydrogens (tertiary/aromatic N) is 2. The van der Waals surface area contributed by atoms with Gasteiger partial charge in [-0.2, -0.15) is 0 Å². The highest BCUT2D eigenvalue weighted by Crippen LogP contribution is 2.27. The quantitative estimate of drug-likeness (QED) is 0.175. The lowest BCUT2D eigenvalue weighted by atomic mass is 10.0. The third-order valence-electron chi connectivity index (χ3n) is 6.79. The number of amides is 2. The van der Waals surface area contributed by atoms with Crippen LogP contribution >= 0.6 is 27.5 Å². The second kappa shape index (κ2) is 15.2. The van der Waals surface area contributed by atoms with E-state index in [-0.39, 0.29) is 29.5 Å². The van der Waals surface area contributed by atoms with Gasteiger partial charge in [0.25, 0.3) is 10.0 Å². The van der Waals surface area contributed by atoms with E-state index in [1.807, 2.05) is 61.5 Å². The van der Waals surface area contributed by atoms with E-state index in [9.17, 15) is 18.0 Å². The average molecular weight is 683 g/mol. The third-order valence-corrected chi connectivity index (χ3v) is 9.34. The van der Waals surface area contributed by atoms with E-state index in [1.165, 1.54) is 23.1 Å². The number of carbonyl (C=O) groups excluding carboxylic acids is 2. The highest BCUT2D eigenvalue weighted by Gasteiger charge is 2.34. The number of sulfonamides is 1. The van der Waals surface area contributed by atoms with Crippen LogP contribution in [0, 0.1) is 0 Å². The zero-order valence-electron chi connectivity index (χ0n) is 23.7. The van der Waals surface area contributed by atoms with Crippen molar-refractivity contribution < 1.29 is 18.0 Å². The maximum absolute atomic E-state index is 14.4. The van der Waals surface area contributed by atoms with Crippen LogP contribution in [-0.4, -0.2) is 44.3 Å². The van der Waals surface area contributed by atoms with Gasteiger partial charge in [-0.15, -0.1) is 0 Å². The second-order valence-corrected chi connectivity index (χ2v) is 13.2. The number of nitrogens with one attached hydrogen (secondary N) is 1. The molecule has 0 saturated carbocycles. The Balaban J connectivity index is 1.78. The second-order valence-electron chi connectivity index (χ2n) is 9.95. The molecule has 10 heteroatoms. The molecule has 1 atom stereocenters. The van der Waals surface area contributed by atoms with Crippen molar-refractivity contribution in [1.29, 1.82) is 0 Å². The van der Waals surface area contributed by atoms with Crippen molar-refractivity contribution in [3.63, 3.8) is 0 Å². The molecule has 0 fully saturated rings. The van der Waals surface area contributed by atoms with E-state index in [1.54, 1.807) is 36.4 Å². The number of carbonyl (C=O) groups is 2. The summed E-state index contributed by atoms with van der Waals surface area (Å²) in [4.78, 5) is 29.5. The Bertz CT molecular complexity index is 1620. The standard InChI is InChI=1S/C33H33BrClN3O4S/c1-2-20-36-33(40)31(21-25-10-5-3-6-11-25)37(23-26-16-18-27(34)19-17-26)32(39)24-38(29-13-9-12-28(35)22-29)43(41,42)30-14-7-4-8-15-30/h3-19,22,31H,2,20-21,23-24H2,1H3,(H,36,40)/t31-/m0/s1. The predicted molar refractivity (Wildman–Crippen MR) is 174 cm³/mol. The van der Waals surface area contributed by atoms with Crippen LogP contribution in [0.25, 0.3) is 0 Å². The first-order chi connectivity index (χ1) is 20.7. The Morgan fingerprint density at radius 1 is 0.860 bits per heavy atom. The molecule has 0 aliphatic heterocycles. The van der Waals surface area contributed by atoms with E-state index >= 15 is 0 Å². The summed E-state index contributed by atoms with van der Waals surface area (Å²) in [5.41, 5.74) is 1.90. The minimum absolute atomic E-state index is 0.0313. The van der Waals surface area contributed by atoms with Crippen LogP contribution in [0.5, 0.6) is 0 Å². The molecule has 0 unspecified atom stereocenters. The number of halogens is 2. The fourth-order valence-corrected chi connectivity index (χ4v) is 6.46. The van der Waals surface area contributed by atoms with Gasteiger partial charge in [-0.3, -0.25) is 13.9 Å². The molecule has 0 spiro atoms. The molecule has 1 N–H and O–H groups in total. The van der Waals surface area contributed by atoms with Crippen LogP contribution < -0.4 is 9.62 Å². The highest BCUT2D eigenvalue weighted by atomic mass is 79.9. The van der Waals surface area contributed by atoms with E-state index in [4.69, 9.17) is 11.6 Å². The molecule has 43 heavy (non-hydrogen) atoms. The zero-order chi connectivity index (χ0) is 30.8. The zero-order valence-corrected chi connectivity index (χ0v) is 26.9. The summed E-state index contributed by atoms with van der Waals surface area (Å²) in [6.07, 6.45) is 0.976. The molecule has 224 valence electrons. The number of rotatable bonds is 13. The number of benzene rings is 4. The predicted octanol–water partition coefficient (Wildman–Crippen LogP) is 6.46. The summed E-state index contributed by atoms with van der Waals surface area (Å²) < 4.78 is 29.8. The van der Waals surface area contributed by atoms with Gasteiger partial charge in [-0.05, 0) is 60.0 Å². The molecule has 4 aromatic rings. The lowest BCUT2D eigenvalue weighted by Gasteiger charge is -2.34. The first-order valence-corrected chi connectivity index (χ1v) is 16.5. The first kappa shape index (κ1) is 32.3. The summed E-state index contributed by atoms with van der Waals surface area (Å²) in [5.74, 6) is -0.841. The van der Waals surface area contributed by atoms with Gasteiger partial charge in [0, 0.05) is 29.0 Å². The van der Waals surface area contributed by atoms with Gasteiger partial charge in [0.15, 0.2) is 0 Å². The van der Waals surface area contributed by atoms with E-state index < -0.39 is 28.5 Å². The fraction of sp³-hybridized carbons (Fsp3) is 0.212. The summed E-state index contributed by atoms with van der Waals surface area (Å²) >= 11 is 9.71. The van der Waals surface area contributed by atoms with E-state index in [0.29, 0.717) is 11.6 Å². The summed E-state index contributed by atoms with van der Waals surface area (Å²) in [5, 5.41) is 3.27. The van der Waals surface area contributed by atoms with E-state index in [2.05, 4.69) is 21.2 Å². The Morgan fingerprint density at radius 2 is 1.51 bits per heavy atom. The maximum Gasteiger partial charge on any atom is 0.264 e. The van der Waals surface area contributed by atoms with E-state index in [0.717, 1.165) is 26.3 Å². The van der Waals surface area contributed by atoms with Crippen LogP contribution in [0.3, 0.4) is 0 Å². The summed E-state index contributed by atoms with van der Waals surface area (Å²) in [6, 6.07) is 30.3. The van der Waals surface area contributed by atoms with Crippen LogP contribution in [0.15, 0.2) is 119 Å². The molecule has 4 rings (SSSR count). The van der Waals surface area contributed by atoms with Crippen molar-refractivity contribution in [2.75, 3.05) is 17.4 Å². The van der Waals surface area contributed by atoms with Crippen LogP contribution in [-0.2, 0) is 32.6 Å². The third kappa shape index (κ3) is 8.69. The smallest absolute Gasteiger partial charge is 0.264 e. The molecule has 0 saturated heterocycles. The minimum Gasteiger partial charge on any atom is -0.354 e. The van der Waals surface area contributed by atoms with Crippen molar-refractivity contribution in [3.05, 3.63) is 130 Å². The Hall–Kier alpha value is -3.66. The Labute approximate surface area is 266 Å². The first-order valence-electron chi connectivity index (χ1n) is 13.9. The Morgan fingerprint density at radius 3 is 2.14 bits per heavy atom. The van der Waals surface area contributed by atoms with Crippen molar-refractivity contribution in [2.24, 2.45) is 0 Å². The van der Waals surface area contributed by atoms with Crippen LogP contribution in [0.2, 0.25) is 5.02 Å². The number of hydrogen-bond donors (Lipinski definition) is 1. The van der Waals surface area contributed by atoms with Gasteiger partial charge in [0.2, 0.25) is 11.8 Å². The van der Waals surface area contributed by atoms with Crippen LogP contribution in [0.4, 0.5) is 5.69 Å². The molecule has 0 heterocycles. The van der Waals surface area contributed by atoms with Gasteiger partial charge in [-0.1, -0.05) is 101 Å². The van der Waals surface area contributed by atoms with Gasteiger partial charge < -0.3 is 10.2 Å². The largest absolute Gasteiger partial charge is 0.354 e. The van der Waals surface area contributed by atoms with Crippen molar-refractivity contribution in [3.8, 4) is 0 Å². The molecule has 7 nitrogen and oxygen atoms in total. The summed E-state index contributed by atoms with van der Waals surface area (Å²) in [7, 11) is -4.18. The topological polar surface area (TPSA) is 86.8 Å². The molecular weight excluding hydrogens is 650 g/mol. The lowest BCUT2D eigenvalue weighted by Crippen LogP contribution is -2.53. The average Bonchev–Trinajstić information content (AvgIpc) is 3.02. The maximum atomic E-state index is 14.4. The van der Waals surface area contributed by atoms with Crippen LogP contribution in [0.1, 0.15) is 24.5 Å². The molecule has 0 aliphatic rings. The Kier molecular flexibility index (Phi) is 11.4. The molecule has 0 radical (unpaired) electrons. The molecule has 4 aromatic carbocycles. The summed E-state index contributed by atoms with van der Waals surface area (Å²) in [6.45, 7) is 1.95. The number of anilines is 1. The van der Waals surface area contributed by atoms with Gasteiger partial charge in [0.1, 0.15) is 12.6 Å². The van der Waals surface area contributed by atoms with Crippen molar-refractivity contribution in [2.45, 2.75) is 37.2 Å². The molecular formula is C33H33BrClN3O4S. The fourth-order valence-electron chi connectivity index (χ4n) is 4.59. The van der Waals surface area contributed by atoms with Crippen molar-refractivity contribution >= 4 is 55.1 Å². The molecule has 0 bridgehead atoms. The van der Waals surface area contributed by atoms with Gasteiger partial charge in [-0.25, -0.2) is 8.42 Å².